The zero-order valence-electron chi connectivity index (χ0n) is 15.1. The van der Waals surface area contributed by atoms with E-state index in [0.29, 0.717) is 0 Å². The van der Waals surface area contributed by atoms with Gasteiger partial charge in [0.05, 0.1) is 23.6 Å². The third-order valence-electron chi connectivity index (χ3n) is 5.13. The molecular weight excluding hydrogens is 348 g/mol. The first-order chi connectivity index (χ1) is 12.2. The number of nitrogens with zero attached hydrogens (tertiary/aromatic N) is 2. The average molecular weight is 370 g/mol. The normalized spacial score (nSPS) is 24.2. The number of benzene rings is 2. The lowest BCUT2D eigenvalue weighted by Gasteiger charge is -2.23. The maximum absolute atomic E-state index is 13.3. The van der Waals surface area contributed by atoms with Gasteiger partial charge in [0.15, 0.2) is 9.84 Å². The van der Waals surface area contributed by atoms with Gasteiger partial charge in [-0.05, 0) is 61.7 Å². The van der Waals surface area contributed by atoms with Crippen LogP contribution in [0.15, 0.2) is 42.5 Å². The molecule has 0 radical (unpaired) electrons. The zero-order valence-corrected chi connectivity index (χ0v) is 16.0. The van der Waals surface area contributed by atoms with Gasteiger partial charge in [-0.25, -0.2) is 13.2 Å². The molecule has 5 nitrogen and oxygen atoms in total. The second kappa shape index (κ2) is 5.84. The summed E-state index contributed by atoms with van der Waals surface area (Å²) in [5, 5.41) is 0. The maximum Gasteiger partial charge on any atom is 0.329 e. The van der Waals surface area contributed by atoms with Crippen molar-refractivity contribution in [3.63, 3.8) is 0 Å². The number of hydrogen-bond acceptors (Lipinski definition) is 3. The molecule has 0 saturated carbocycles. The molecule has 2 aromatic carbocycles. The topological polar surface area (TPSA) is 57.7 Å². The third kappa shape index (κ3) is 2.78. The molecule has 0 N–H and O–H groups in total. The van der Waals surface area contributed by atoms with Gasteiger partial charge < -0.3 is 0 Å². The Kier molecular flexibility index (Phi) is 3.84. The summed E-state index contributed by atoms with van der Waals surface area (Å²) in [6.07, 6.45) is 0. The van der Waals surface area contributed by atoms with Gasteiger partial charge in [-0.15, -0.1) is 0 Å². The Morgan fingerprint density at radius 3 is 1.92 bits per heavy atom. The summed E-state index contributed by atoms with van der Waals surface area (Å²) in [5.74, 6) is 0.0252. The van der Waals surface area contributed by atoms with E-state index in [1.54, 1.807) is 9.80 Å². The van der Waals surface area contributed by atoms with Gasteiger partial charge in [0.1, 0.15) is 0 Å². The summed E-state index contributed by atoms with van der Waals surface area (Å²) in [4.78, 5) is 16.7. The van der Waals surface area contributed by atoms with Crippen molar-refractivity contribution in [2.45, 2.75) is 32.9 Å². The van der Waals surface area contributed by atoms with Gasteiger partial charge in [0.2, 0.25) is 0 Å². The Morgan fingerprint density at radius 2 is 1.35 bits per heavy atom. The smallest absolute Gasteiger partial charge is 0.288 e. The summed E-state index contributed by atoms with van der Waals surface area (Å²) >= 11 is 0. The number of aryl methyl sites for hydroxylation is 3. The second-order valence-electron chi connectivity index (χ2n) is 7.42. The lowest BCUT2D eigenvalue weighted by molar-refractivity contribution is 0.255. The van der Waals surface area contributed by atoms with Gasteiger partial charge in [-0.1, -0.05) is 18.2 Å². The highest BCUT2D eigenvalue weighted by Gasteiger charge is 2.54. The molecule has 2 heterocycles. The molecule has 136 valence electrons. The van der Waals surface area contributed by atoms with E-state index in [1.165, 1.54) is 0 Å². The number of carbonyl (C=O) groups excluding carboxylic acids is 1. The number of urea groups is 1. The largest absolute Gasteiger partial charge is 0.329 e. The van der Waals surface area contributed by atoms with Crippen LogP contribution in [0.1, 0.15) is 16.7 Å². The highest BCUT2D eigenvalue weighted by Crippen LogP contribution is 2.38. The van der Waals surface area contributed by atoms with Crippen molar-refractivity contribution in [1.29, 1.82) is 0 Å². The van der Waals surface area contributed by atoms with Crippen LogP contribution < -0.4 is 9.80 Å². The van der Waals surface area contributed by atoms with Crippen molar-refractivity contribution < 1.29 is 13.2 Å². The van der Waals surface area contributed by atoms with Crippen molar-refractivity contribution in [3.8, 4) is 0 Å². The Hall–Kier alpha value is -2.34. The predicted molar refractivity (Wildman–Crippen MR) is 104 cm³/mol. The van der Waals surface area contributed by atoms with Crippen LogP contribution in [0, 0.1) is 20.8 Å². The fourth-order valence-corrected chi connectivity index (χ4v) is 6.09. The first kappa shape index (κ1) is 17.1. The Bertz CT molecular complexity index is 980. The molecule has 26 heavy (non-hydrogen) atoms. The van der Waals surface area contributed by atoms with E-state index in [2.05, 4.69) is 0 Å². The lowest BCUT2D eigenvalue weighted by atomic mass is 10.1. The first-order valence-corrected chi connectivity index (χ1v) is 10.6. The number of carbonyl (C=O) groups is 1. The number of anilines is 2. The molecule has 0 bridgehead atoms. The van der Waals surface area contributed by atoms with Crippen molar-refractivity contribution in [2.75, 3.05) is 21.3 Å². The quantitative estimate of drug-likeness (QED) is 0.763. The van der Waals surface area contributed by atoms with Gasteiger partial charge >= 0.3 is 6.03 Å². The predicted octanol–water partition coefficient (Wildman–Crippen LogP) is 3.22. The highest BCUT2D eigenvalue weighted by atomic mass is 32.2. The molecule has 2 fully saturated rings. The summed E-state index contributed by atoms with van der Waals surface area (Å²) in [5.41, 5.74) is 4.68. The standard InChI is InChI=1S/C20H22N2O3S/c1-13-5-4-6-16(8-13)21-18-11-26(24,25)12-19(18)22(20(21)23)17-9-14(2)7-15(3)10-17/h4-10,18-19H,11-12H2,1-3H3/t18-,19-/m1/s1. The van der Waals surface area contributed by atoms with E-state index < -0.39 is 9.84 Å². The Labute approximate surface area is 154 Å². The number of hydrogen-bond donors (Lipinski definition) is 0. The fourth-order valence-electron chi connectivity index (χ4n) is 4.17. The van der Waals surface area contributed by atoms with E-state index in [1.807, 2.05) is 63.2 Å². The van der Waals surface area contributed by atoms with E-state index in [0.717, 1.165) is 28.1 Å². The number of rotatable bonds is 2. The van der Waals surface area contributed by atoms with Crippen LogP contribution >= 0.6 is 0 Å². The van der Waals surface area contributed by atoms with Crippen LogP contribution in [-0.2, 0) is 9.84 Å². The van der Waals surface area contributed by atoms with Crippen molar-refractivity contribution in [1.82, 2.24) is 0 Å². The summed E-state index contributed by atoms with van der Waals surface area (Å²) in [6.45, 7) is 5.94. The average Bonchev–Trinajstić information content (AvgIpc) is 2.94. The van der Waals surface area contributed by atoms with Crippen LogP contribution in [0.2, 0.25) is 0 Å². The molecule has 0 unspecified atom stereocenters. The molecular formula is C20H22N2O3S. The molecule has 0 aliphatic carbocycles. The number of amides is 2. The molecule has 2 aliphatic rings. The number of sulfone groups is 1. The molecule has 2 aromatic rings. The van der Waals surface area contributed by atoms with Crippen molar-refractivity contribution in [2.24, 2.45) is 0 Å². The van der Waals surface area contributed by atoms with Gasteiger partial charge in [-0.2, -0.15) is 0 Å². The highest BCUT2D eigenvalue weighted by molar-refractivity contribution is 7.91. The molecule has 4 rings (SSSR count). The van der Waals surface area contributed by atoms with Crippen LogP contribution in [-0.4, -0.2) is 38.0 Å². The van der Waals surface area contributed by atoms with Gasteiger partial charge in [0.25, 0.3) is 0 Å². The molecule has 2 amide bonds. The van der Waals surface area contributed by atoms with Crippen LogP contribution in [0.4, 0.5) is 16.2 Å². The molecule has 6 heteroatoms. The molecule has 0 spiro atoms. The van der Waals surface area contributed by atoms with E-state index in [-0.39, 0.29) is 29.6 Å². The molecule has 2 aliphatic heterocycles. The monoisotopic (exact) mass is 370 g/mol. The molecule has 0 aromatic heterocycles. The summed E-state index contributed by atoms with van der Waals surface area (Å²) < 4.78 is 24.7. The summed E-state index contributed by atoms with van der Waals surface area (Å²) in [6, 6.07) is 12.8. The van der Waals surface area contributed by atoms with E-state index >= 15 is 0 Å². The minimum absolute atomic E-state index is 0.0125. The molecule has 2 saturated heterocycles. The van der Waals surface area contributed by atoms with Crippen LogP contribution in [0.3, 0.4) is 0 Å². The van der Waals surface area contributed by atoms with Crippen molar-refractivity contribution in [3.05, 3.63) is 59.2 Å². The minimum atomic E-state index is -3.18. The lowest BCUT2D eigenvalue weighted by Crippen LogP contribution is -2.38. The SMILES string of the molecule is Cc1cccc(N2C(=O)N(c3cc(C)cc(C)c3)[C@@H]3CS(=O)(=O)C[C@H]32)c1. The molecule has 2 atom stereocenters. The second-order valence-corrected chi connectivity index (χ2v) is 9.57. The van der Waals surface area contributed by atoms with Crippen molar-refractivity contribution >= 4 is 27.2 Å². The van der Waals surface area contributed by atoms with Gasteiger partial charge in [0, 0.05) is 11.4 Å². The van der Waals surface area contributed by atoms with Crippen LogP contribution in [0.25, 0.3) is 0 Å². The first-order valence-electron chi connectivity index (χ1n) is 8.73. The van der Waals surface area contributed by atoms with Crippen LogP contribution in [0.5, 0.6) is 0 Å². The Morgan fingerprint density at radius 1 is 0.808 bits per heavy atom. The summed E-state index contributed by atoms with van der Waals surface area (Å²) in [7, 11) is -3.18. The third-order valence-corrected chi connectivity index (χ3v) is 6.83. The van der Waals surface area contributed by atoms with E-state index in [4.69, 9.17) is 0 Å². The van der Waals surface area contributed by atoms with E-state index in [9.17, 15) is 13.2 Å². The number of fused-ring (bicyclic) bond motifs is 1. The Balaban J connectivity index is 1.84. The fraction of sp³-hybridized carbons (Fsp3) is 0.350. The van der Waals surface area contributed by atoms with Gasteiger partial charge in [-0.3, -0.25) is 9.80 Å². The minimum Gasteiger partial charge on any atom is -0.288 e. The maximum atomic E-state index is 13.3. The zero-order chi connectivity index (χ0) is 18.6.